The Kier molecular flexibility index (Phi) is 6.45. The quantitative estimate of drug-likeness (QED) is 0.742. The van der Waals surface area contributed by atoms with Crippen LogP contribution in [0, 0.1) is 5.92 Å². The summed E-state index contributed by atoms with van der Waals surface area (Å²) in [5.74, 6) is -0.374. The number of hydrogen-bond acceptors (Lipinski definition) is 5. The van der Waals surface area contributed by atoms with Crippen molar-refractivity contribution in [1.29, 1.82) is 0 Å². The second-order valence-electron chi connectivity index (χ2n) is 10.5. The Bertz CT molecular complexity index is 818. The highest BCUT2D eigenvalue weighted by molar-refractivity contribution is 6.62. The van der Waals surface area contributed by atoms with Gasteiger partial charge in [0.1, 0.15) is 5.60 Å². The SMILES string of the molecule is CC(C)(C)OC(=O)N1CCC[C@H](C(=O)Nc2cccc(B3OC(C)(C)C(C)(C)O3)c2)C1. The fourth-order valence-electron chi connectivity index (χ4n) is 3.67. The molecule has 0 bridgehead atoms. The molecule has 2 aliphatic heterocycles. The highest BCUT2D eigenvalue weighted by Gasteiger charge is 2.51. The Hall–Kier alpha value is -2.06. The zero-order valence-electron chi connectivity index (χ0n) is 19.8. The maximum atomic E-state index is 12.9. The zero-order chi connectivity index (χ0) is 23.0. The van der Waals surface area contributed by atoms with E-state index in [0.29, 0.717) is 18.8 Å². The molecular weight excluding hydrogens is 395 g/mol. The summed E-state index contributed by atoms with van der Waals surface area (Å²) >= 11 is 0. The molecule has 0 unspecified atom stereocenters. The molecule has 0 aliphatic carbocycles. The van der Waals surface area contributed by atoms with E-state index in [9.17, 15) is 9.59 Å². The van der Waals surface area contributed by atoms with E-state index in [1.54, 1.807) is 4.90 Å². The van der Waals surface area contributed by atoms with Gasteiger partial charge >= 0.3 is 13.2 Å². The third kappa shape index (κ3) is 5.60. The highest BCUT2D eigenvalue weighted by Crippen LogP contribution is 2.36. The van der Waals surface area contributed by atoms with Crippen molar-refractivity contribution in [3.05, 3.63) is 24.3 Å². The number of nitrogens with zero attached hydrogens (tertiary/aromatic N) is 1. The smallest absolute Gasteiger partial charge is 0.444 e. The lowest BCUT2D eigenvalue weighted by atomic mass is 9.79. The van der Waals surface area contributed by atoms with Crippen LogP contribution < -0.4 is 10.8 Å². The summed E-state index contributed by atoms with van der Waals surface area (Å²) in [7, 11) is -0.487. The largest absolute Gasteiger partial charge is 0.494 e. The van der Waals surface area contributed by atoms with Crippen molar-refractivity contribution in [2.24, 2.45) is 5.92 Å². The van der Waals surface area contributed by atoms with Gasteiger partial charge in [0.15, 0.2) is 0 Å². The molecule has 2 fully saturated rings. The lowest BCUT2D eigenvalue weighted by Crippen LogP contribution is -2.45. The molecule has 0 saturated carbocycles. The van der Waals surface area contributed by atoms with Crippen LogP contribution in [0.3, 0.4) is 0 Å². The van der Waals surface area contributed by atoms with E-state index in [2.05, 4.69) is 5.32 Å². The summed E-state index contributed by atoms with van der Waals surface area (Å²) in [6, 6.07) is 7.54. The van der Waals surface area contributed by atoms with E-state index in [1.165, 1.54) is 0 Å². The third-order valence-corrected chi connectivity index (χ3v) is 6.12. The number of carbonyl (C=O) groups excluding carboxylic acids is 2. The van der Waals surface area contributed by atoms with Crippen LogP contribution in [0.15, 0.2) is 24.3 Å². The lowest BCUT2D eigenvalue weighted by Gasteiger charge is -2.33. The number of hydrogen-bond donors (Lipinski definition) is 1. The highest BCUT2D eigenvalue weighted by atomic mass is 16.7. The van der Waals surface area contributed by atoms with Gasteiger partial charge in [-0.1, -0.05) is 12.1 Å². The van der Waals surface area contributed by atoms with Gasteiger partial charge in [-0.05, 0) is 78.9 Å². The topological polar surface area (TPSA) is 77.1 Å². The first kappa shape index (κ1) is 23.6. The Morgan fingerprint density at radius 2 is 1.81 bits per heavy atom. The van der Waals surface area contributed by atoms with Crippen LogP contribution in [0.2, 0.25) is 0 Å². The number of nitrogens with one attached hydrogen (secondary N) is 1. The van der Waals surface area contributed by atoms with Gasteiger partial charge in [-0.25, -0.2) is 4.79 Å². The Labute approximate surface area is 185 Å². The number of ether oxygens (including phenoxy) is 1. The summed E-state index contributed by atoms with van der Waals surface area (Å²) in [4.78, 5) is 26.9. The van der Waals surface area contributed by atoms with Crippen LogP contribution in [-0.2, 0) is 18.8 Å². The first-order valence-corrected chi connectivity index (χ1v) is 11.0. The number of anilines is 1. The zero-order valence-corrected chi connectivity index (χ0v) is 19.8. The molecule has 0 aromatic heterocycles. The van der Waals surface area contributed by atoms with Gasteiger partial charge in [-0.2, -0.15) is 0 Å². The van der Waals surface area contributed by atoms with E-state index >= 15 is 0 Å². The number of carbonyl (C=O) groups is 2. The van der Waals surface area contributed by atoms with Crippen molar-refractivity contribution in [1.82, 2.24) is 4.90 Å². The van der Waals surface area contributed by atoms with Crippen LogP contribution >= 0.6 is 0 Å². The summed E-state index contributed by atoms with van der Waals surface area (Å²) in [6.45, 7) is 14.5. The summed E-state index contributed by atoms with van der Waals surface area (Å²) in [5.41, 5.74) is 0.135. The van der Waals surface area contributed by atoms with Crippen LogP contribution in [0.25, 0.3) is 0 Å². The average Bonchev–Trinajstić information content (AvgIpc) is 2.88. The van der Waals surface area contributed by atoms with Crippen molar-refractivity contribution in [3.63, 3.8) is 0 Å². The number of rotatable bonds is 3. The molecule has 1 aromatic rings. The lowest BCUT2D eigenvalue weighted by molar-refractivity contribution is -0.121. The number of piperidine rings is 1. The van der Waals surface area contributed by atoms with E-state index in [-0.39, 0.29) is 17.9 Å². The van der Waals surface area contributed by atoms with Crippen LogP contribution in [-0.4, -0.2) is 53.9 Å². The molecule has 2 amide bonds. The molecule has 0 radical (unpaired) electrons. The minimum absolute atomic E-state index is 0.0978. The van der Waals surface area contributed by atoms with Crippen LogP contribution in [0.1, 0.15) is 61.3 Å². The van der Waals surface area contributed by atoms with E-state index in [1.807, 2.05) is 72.7 Å². The first-order chi connectivity index (χ1) is 14.3. The minimum Gasteiger partial charge on any atom is -0.444 e. The van der Waals surface area contributed by atoms with Crippen molar-refractivity contribution < 1.29 is 23.6 Å². The van der Waals surface area contributed by atoms with Gasteiger partial charge in [0.05, 0.1) is 17.1 Å². The van der Waals surface area contributed by atoms with Crippen molar-refractivity contribution in [2.75, 3.05) is 18.4 Å². The van der Waals surface area contributed by atoms with E-state index < -0.39 is 23.9 Å². The molecule has 2 saturated heterocycles. The first-order valence-electron chi connectivity index (χ1n) is 11.0. The molecule has 7 nitrogen and oxygen atoms in total. The fourth-order valence-corrected chi connectivity index (χ4v) is 3.67. The molecule has 170 valence electrons. The maximum Gasteiger partial charge on any atom is 0.494 e. The second-order valence-corrected chi connectivity index (χ2v) is 10.5. The minimum atomic E-state index is -0.555. The number of amides is 2. The monoisotopic (exact) mass is 430 g/mol. The summed E-state index contributed by atoms with van der Waals surface area (Å²) in [5, 5.41) is 3.00. The maximum absolute atomic E-state index is 12.9. The van der Waals surface area contributed by atoms with Crippen molar-refractivity contribution in [2.45, 2.75) is 78.1 Å². The molecule has 2 heterocycles. The second kappa shape index (κ2) is 8.47. The molecule has 8 heteroatoms. The molecule has 31 heavy (non-hydrogen) atoms. The molecule has 1 atom stereocenters. The fraction of sp³-hybridized carbons (Fsp3) is 0.652. The van der Waals surface area contributed by atoms with Gasteiger partial charge in [0, 0.05) is 18.8 Å². The Morgan fingerprint density at radius 3 is 2.42 bits per heavy atom. The van der Waals surface area contributed by atoms with Gasteiger partial charge in [0.2, 0.25) is 5.91 Å². The van der Waals surface area contributed by atoms with Crippen LogP contribution in [0.5, 0.6) is 0 Å². The molecule has 0 spiro atoms. The summed E-state index contributed by atoms with van der Waals surface area (Å²) < 4.78 is 17.7. The van der Waals surface area contributed by atoms with E-state index in [4.69, 9.17) is 14.0 Å². The number of benzene rings is 1. The Balaban J connectivity index is 1.63. The van der Waals surface area contributed by atoms with Crippen LogP contribution in [0.4, 0.5) is 10.5 Å². The van der Waals surface area contributed by atoms with Gasteiger partial charge in [-0.15, -0.1) is 0 Å². The van der Waals surface area contributed by atoms with Crippen molar-refractivity contribution in [3.8, 4) is 0 Å². The van der Waals surface area contributed by atoms with Gasteiger partial charge in [-0.3, -0.25) is 4.79 Å². The normalized spacial score (nSPS) is 22.9. The Morgan fingerprint density at radius 1 is 1.16 bits per heavy atom. The predicted octanol–water partition coefficient (Wildman–Crippen LogP) is 3.57. The predicted molar refractivity (Wildman–Crippen MR) is 121 cm³/mol. The standard InChI is InChI=1S/C23H35BN2O5/c1-21(2,3)29-20(28)26-13-9-10-16(15-26)19(27)25-18-12-8-11-17(14-18)24-30-22(4,5)23(6,7)31-24/h8,11-12,14,16H,9-10,13,15H2,1-7H3,(H,25,27)/t16-/m0/s1. The molecular formula is C23H35BN2O5. The molecule has 2 aliphatic rings. The summed E-state index contributed by atoms with van der Waals surface area (Å²) in [6.07, 6.45) is 1.14. The van der Waals surface area contributed by atoms with Gasteiger partial charge in [0.25, 0.3) is 0 Å². The third-order valence-electron chi connectivity index (χ3n) is 6.12. The van der Waals surface area contributed by atoms with Crippen molar-refractivity contribution >= 4 is 30.3 Å². The van der Waals surface area contributed by atoms with Gasteiger partial charge < -0.3 is 24.3 Å². The van der Waals surface area contributed by atoms with E-state index in [0.717, 1.165) is 18.3 Å². The molecule has 3 rings (SSSR count). The molecule has 1 aromatic carbocycles. The molecule has 1 N–H and O–H groups in total. The number of likely N-dealkylation sites (tertiary alicyclic amines) is 1. The average molecular weight is 430 g/mol.